The molecule has 0 spiro atoms. The number of hydrogen-bond donors (Lipinski definition) is 0. The topological polar surface area (TPSA) is 36.9 Å². The number of benzene rings is 6. The number of fused-ring (bicyclic) bond motifs is 2. The summed E-state index contributed by atoms with van der Waals surface area (Å²) in [5, 5.41) is 5.97. The van der Waals surface area contributed by atoms with Gasteiger partial charge in [0.05, 0.1) is 0 Å². The minimum Gasteiger partial charge on any atom is -0.524 e. The van der Waals surface area contributed by atoms with Gasteiger partial charge in [-0.2, -0.15) is 0 Å². The fourth-order valence-electron chi connectivity index (χ4n) is 5.33. The van der Waals surface area contributed by atoms with Crippen molar-refractivity contribution in [3.63, 3.8) is 0 Å². The van der Waals surface area contributed by atoms with Gasteiger partial charge in [-0.05, 0) is 86.5 Å². The molecule has 0 saturated heterocycles. The summed E-state index contributed by atoms with van der Waals surface area (Å²) in [4.78, 5) is 0. The molecule has 2 heterocycles. The number of rotatable bonds is 9. The Kier molecular flexibility index (Phi) is 14.9. The largest absolute Gasteiger partial charge is 0.658 e. The smallest absolute Gasteiger partial charge is 0.524 e. The zero-order valence-electron chi connectivity index (χ0n) is 27.0. The van der Waals surface area contributed by atoms with E-state index in [-0.39, 0.29) is 36.9 Å². The first-order valence-electron chi connectivity index (χ1n) is 16.1. The number of para-hydroxylation sites is 4. The fraction of sp³-hybridized carbons (Fsp3) is 0.100. The molecule has 2 aliphatic rings. The van der Waals surface area contributed by atoms with Crippen LogP contribution in [0.15, 0.2) is 170 Å². The average molecular weight is 859 g/mol. The van der Waals surface area contributed by atoms with E-state index in [1.165, 1.54) is 61.8 Å². The molecule has 2 aliphatic heterocycles. The molecule has 246 valence electrons. The van der Waals surface area contributed by atoms with E-state index in [9.17, 15) is 0 Å². The Morgan fingerprint density at radius 1 is 0.327 bits per heavy atom. The van der Waals surface area contributed by atoms with Gasteiger partial charge in [-0.15, -0.1) is 0 Å². The quantitative estimate of drug-likeness (QED) is 0.0840. The van der Waals surface area contributed by atoms with Crippen molar-refractivity contribution in [3.05, 3.63) is 170 Å². The maximum atomic E-state index is 4.95. The van der Waals surface area contributed by atoms with E-state index in [0.29, 0.717) is 0 Å². The van der Waals surface area contributed by atoms with Gasteiger partial charge in [-0.25, -0.2) is 0 Å². The first-order chi connectivity index (χ1) is 23.8. The Hall–Kier alpha value is -3.80. The van der Waals surface area contributed by atoms with Gasteiger partial charge in [0.15, 0.2) is 0 Å². The zero-order valence-corrected chi connectivity index (χ0v) is 31.1. The van der Waals surface area contributed by atoms with Gasteiger partial charge in [0.25, 0.3) is 0 Å². The molecule has 6 aromatic carbocycles. The average Bonchev–Trinajstić information content (AvgIpc) is 3.86. The molecule has 8 rings (SSSR count). The first-order valence-corrected chi connectivity index (χ1v) is 19.1. The third kappa shape index (κ3) is 10.8. The number of unbranched alkanes of at least 4 members (excludes halogenated alkanes) is 1. The molecule has 0 fully saturated rings. The van der Waals surface area contributed by atoms with Crippen molar-refractivity contribution in [2.24, 2.45) is 0 Å². The molecular weight excluding hydrogens is 823 g/mol. The van der Waals surface area contributed by atoms with Crippen molar-refractivity contribution < 1.29 is 39.7 Å². The van der Waals surface area contributed by atoms with Gasteiger partial charge in [-0.1, -0.05) is 146 Å². The maximum Gasteiger partial charge on any atom is 0.658 e. The van der Waals surface area contributed by atoms with Crippen LogP contribution in [-0.4, -0.2) is 27.7 Å². The van der Waals surface area contributed by atoms with Gasteiger partial charge >= 0.3 is 15.4 Å². The molecule has 0 aliphatic carbocycles. The van der Waals surface area contributed by atoms with Crippen LogP contribution in [0.5, 0.6) is 23.0 Å². The van der Waals surface area contributed by atoms with Gasteiger partial charge < -0.3 is 18.6 Å². The summed E-state index contributed by atoms with van der Waals surface area (Å²) < 4.78 is 19.8. The maximum absolute atomic E-state index is 4.95. The predicted octanol–water partition coefficient (Wildman–Crippen LogP) is 8.01. The van der Waals surface area contributed by atoms with Crippen LogP contribution in [0, 0.1) is 0 Å². The molecule has 6 aromatic rings. The summed E-state index contributed by atoms with van der Waals surface area (Å²) >= 11 is 0. The third-order valence-electron chi connectivity index (χ3n) is 7.68. The van der Waals surface area contributed by atoms with Crippen molar-refractivity contribution in [2.75, 3.05) is 12.3 Å². The molecule has 9 heteroatoms. The summed E-state index contributed by atoms with van der Waals surface area (Å²) in [6, 6.07) is 59.4. The minimum atomic E-state index is -0.283. The van der Waals surface area contributed by atoms with E-state index in [2.05, 4.69) is 121 Å². The second-order valence-electron chi connectivity index (χ2n) is 10.9. The van der Waals surface area contributed by atoms with Crippen LogP contribution in [0.4, 0.5) is 0 Å². The van der Waals surface area contributed by atoms with Gasteiger partial charge in [0.2, 0.25) is 0 Å². The minimum absolute atomic E-state index is 0. The van der Waals surface area contributed by atoms with Crippen molar-refractivity contribution in [1.29, 1.82) is 0 Å². The number of hydrogen-bond acceptors (Lipinski definition) is 4. The molecule has 0 unspecified atom stereocenters. The van der Waals surface area contributed by atoms with Gasteiger partial charge in [-0.3, -0.25) is 0 Å². The van der Waals surface area contributed by atoms with Crippen molar-refractivity contribution in [3.8, 4) is 23.0 Å². The van der Waals surface area contributed by atoms with Crippen LogP contribution >= 0.6 is 15.8 Å². The molecule has 4 nitrogen and oxygen atoms in total. The van der Waals surface area contributed by atoms with E-state index in [1.807, 2.05) is 48.5 Å². The van der Waals surface area contributed by atoms with Crippen LogP contribution in [0.3, 0.4) is 0 Å². The normalized spacial score (nSPS) is 11.6. The summed E-state index contributed by atoms with van der Waals surface area (Å²) in [5.41, 5.74) is 0. The SMILES string of the molecule is [B]1Oc2ccccc2O1.[B]1Oc2ccccc2O1.[Pt].c1ccc(P(CCCCP(c2ccccc2)c2ccccc2)c2ccccc2)cc1. The van der Waals surface area contributed by atoms with Crippen LogP contribution in [0.1, 0.15) is 12.8 Å². The van der Waals surface area contributed by atoms with Crippen LogP contribution in [0.25, 0.3) is 0 Å². The second kappa shape index (κ2) is 20.0. The van der Waals surface area contributed by atoms with Crippen molar-refractivity contribution in [1.82, 2.24) is 0 Å². The van der Waals surface area contributed by atoms with Crippen molar-refractivity contribution in [2.45, 2.75) is 12.8 Å². The summed E-state index contributed by atoms with van der Waals surface area (Å²) in [6.07, 6.45) is 5.06. The molecule has 0 bridgehead atoms. The monoisotopic (exact) mass is 859 g/mol. The summed E-state index contributed by atoms with van der Waals surface area (Å²) in [6.45, 7) is 0. The van der Waals surface area contributed by atoms with E-state index >= 15 is 0 Å². The molecule has 2 radical (unpaired) electrons. The van der Waals surface area contributed by atoms with Gasteiger partial charge in [0.1, 0.15) is 23.0 Å². The Labute approximate surface area is 308 Å². The Balaban J connectivity index is 0.000000198. The summed E-state index contributed by atoms with van der Waals surface area (Å²) in [5.74, 6) is 3.16. The fourth-order valence-corrected chi connectivity index (χ4v) is 10.2. The predicted molar refractivity (Wildman–Crippen MR) is 204 cm³/mol. The third-order valence-corrected chi connectivity index (χ3v) is 12.9. The first kappa shape index (κ1) is 36.5. The molecule has 0 amide bonds. The second-order valence-corrected chi connectivity index (χ2v) is 15.6. The van der Waals surface area contributed by atoms with E-state index < -0.39 is 0 Å². The van der Waals surface area contributed by atoms with E-state index in [0.717, 1.165) is 23.0 Å². The molecule has 0 atom stereocenters. The Bertz CT molecular complexity index is 1550. The van der Waals surface area contributed by atoms with E-state index in [1.54, 1.807) is 0 Å². The molecule has 0 N–H and O–H groups in total. The molecule has 0 aromatic heterocycles. The Morgan fingerprint density at radius 2 is 0.551 bits per heavy atom. The standard InChI is InChI=1S/C28H28P2.2C6H4BO2.Pt/c1-5-15-25(16-6-1)29(26-17-7-2-8-18-26)23-13-14-24-30(27-19-9-3-10-20-27)28-21-11-4-12-22-28;2*1-2-4-6-5(3-1)8-7-9-6;/h1-12,15-22H,13-14,23-24H2;2*1-4H;. The molecular formula is C40H36B2O4P2Pt. The van der Waals surface area contributed by atoms with Crippen molar-refractivity contribution >= 4 is 52.4 Å². The molecule has 49 heavy (non-hydrogen) atoms. The Morgan fingerprint density at radius 3 is 0.796 bits per heavy atom. The van der Waals surface area contributed by atoms with Crippen LogP contribution < -0.4 is 39.8 Å². The van der Waals surface area contributed by atoms with Crippen LogP contribution in [-0.2, 0) is 21.1 Å². The van der Waals surface area contributed by atoms with E-state index in [4.69, 9.17) is 18.6 Å². The summed E-state index contributed by atoms with van der Waals surface area (Å²) in [7, 11) is 2.08. The molecule has 0 saturated carbocycles. The van der Waals surface area contributed by atoms with Crippen LogP contribution in [0.2, 0.25) is 0 Å². The zero-order chi connectivity index (χ0) is 32.6. The van der Waals surface area contributed by atoms with Gasteiger partial charge in [0, 0.05) is 21.1 Å².